The number of nitrogens with one attached hydrogen (secondary N) is 2. The van der Waals surface area contributed by atoms with Crippen molar-refractivity contribution in [1.82, 2.24) is 25.5 Å². The fourth-order valence-electron chi connectivity index (χ4n) is 4.19. The highest BCUT2D eigenvalue weighted by atomic mass is 19.4. The minimum atomic E-state index is -5.34. The number of nitrogens with zero attached hydrogens (tertiary/aromatic N) is 3. The molecular formula is C25H20F4N6O4. The number of carbonyl (C=O) groups excluding carboxylic acids is 2. The van der Waals surface area contributed by atoms with Gasteiger partial charge in [0.1, 0.15) is 40.5 Å². The van der Waals surface area contributed by atoms with Gasteiger partial charge in [-0.05, 0) is 49.4 Å². The van der Waals surface area contributed by atoms with Crippen molar-refractivity contribution >= 4 is 22.8 Å². The van der Waals surface area contributed by atoms with Crippen molar-refractivity contribution in [2.45, 2.75) is 24.1 Å². The first-order valence-corrected chi connectivity index (χ1v) is 11.5. The van der Waals surface area contributed by atoms with Crippen LogP contribution in [0.15, 0.2) is 48.7 Å². The lowest BCUT2D eigenvalue weighted by molar-refractivity contribution is -0.265. The molecule has 14 heteroatoms. The molecule has 39 heavy (non-hydrogen) atoms. The number of rotatable bonds is 6. The molecular weight excluding hydrogens is 524 g/mol. The van der Waals surface area contributed by atoms with E-state index in [-0.39, 0.29) is 34.9 Å². The number of hydrogen-bond donors (Lipinski definition) is 4. The predicted molar refractivity (Wildman–Crippen MR) is 128 cm³/mol. The van der Waals surface area contributed by atoms with Crippen molar-refractivity contribution in [2.24, 2.45) is 5.73 Å². The average Bonchev–Trinajstić information content (AvgIpc) is 3.51. The van der Waals surface area contributed by atoms with Crippen LogP contribution >= 0.6 is 0 Å². The Balaban J connectivity index is 1.59. The zero-order valence-electron chi connectivity index (χ0n) is 20.1. The van der Waals surface area contributed by atoms with Crippen LogP contribution in [0.2, 0.25) is 0 Å². The standard InChI is InChI=1S/C25H20F4N6O4/c1-23(22(30)37)11-39-20-14(23)8-18(34-19(20)12-2-4-13(26)5-3-12)24(38,25(27,28)29)10-31-21(36)16-7-6-15-17(33-16)9-32-35-15/h2-9,38H,10-11H2,1H3,(H2,30,37)(H,31,36)(H,32,35)/t23-,24?/m0/s1. The molecule has 4 aromatic rings. The lowest BCUT2D eigenvalue weighted by atomic mass is 9.81. The van der Waals surface area contributed by atoms with Gasteiger partial charge in [-0.3, -0.25) is 14.7 Å². The summed E-state index contributed by atoms with van der Waals surface area (Å²) in [5, 5.41) is 19.5. The number of carbonyl (C=O) groups is 2. The van der Waals surface area contributed by atoms with E-state index in [9.17, 15) is 32.3 Å². The molecule has 0 spiro atoms. The van der Waals surface area contributed by atoms with Gasteiger partial charge < -0.3 is 20.9 Å². The Morgan fingerprint density at radius 1 is 1.18 bits per heavy atom. The number of alkyl halides is 3. The van der Waals surface area contributed by atoms with Crippen LogP contribution in [0.3, 0.4) is 0 Å². The number of aromatic nitrogens is 4. The Hall–Kier alpha value is -4.59. The van der Waals surface area contributed by atoms with E-state index < -0.39 is 47.1 Å². The molecule has 1 aliphatic rings. The van der Waals surface area contributed by atoms with Gasteiger partial charge in [-0.1, -0.05) is 0 Å². The SMILES string of the molecule is C[C@]1(C(N)=O)COc2c1cc(C(O)(CNC(=O)c1ccc3[nH]ncc3n1)C(F)(F)F)nc2-c1ccc(F)cc1. The molecule has 0 aliphatic carbocycles. The zero-order valence-corrected chi connectivity index (χ0v) is 20.1. The molecule has 0 saturated carbocycles. The third-order valence-electron chi connectivity index (χ3n) is 6.66. The molecule has 5 rings (SSSR count). The molecule has 4 heterocycles. The number of ether oxygens (including phenoxy) is 1. The molecule has 0 radical (unpaired) electrons. The van der Waals surface area contributed by atoms with Crippen molar-refractivity contribution in [2.75, 3.05) is 13.2 Å². The maximum Gasteiger partial charge on any atom is 0.424 e. The second kappa shape index (κ2) is 9.01. The molecule has 1 aliphatic heterocycles. The molecule has 0 fully saturated rings. The molecule has 2 atom stereocenters. The summed E-state index contributed by atoms with van der Waals surface area (Å²) in [6, 6.07) is 8.29. The third-order valence-corrected chi connectivity index (χ3v) is 6.66. The van der Waals surface area contributed by atoms with Crippen LogP contribution in [0.5, 0.6) is 5.75 Å². The summed E-state index contributed by atoms with van der Waals surface area (Å²) < 4.78 is 62.6. The predicted octanol–water partition coefficient (Wildman–Crippen LogP) is 2.47. The Labute approximate surface area is 217 Å². The van der Waals surface area contributed by atoms with Crippen LogP contribution in [-0.4, -0.2) is 56.4 Å². The fourth-order valence-corrected chi connectivity index (χ4v) is 4.19. The minimum Gasteiger partial charge on any atom is -0.489 e. The zero-order chi connectivity index (χ0) is 28.2. The van der Waals surface area contributed by atoms with Crippen LogP contribution in [0.4, 0.5) is 17.6 Å². The molecule has 1 unspecified atom stereocenters. The number of primary amides is 1. The van der Waals surface area contributed by atoms with Crippen LogP contribution in [-0.2, 0) is 15.8 Å². The summed E-state index contributed by atoms with van der Waals surface area (Å²) in [5.74, 6) is -2.51. The van der Waals surface area contributed by atoms with E-state index in [1.54, 1.807) is 0 Å². The van der Waals surface area contributed by atoms with Crippen molar-refractivity contribution in [1.29, 1.82) is 0 Å². The first-order valence-electron chi connectivity index (χ1n) is 11.5. The van der Waals surface area contributed by atoms with E-state index in [4.69, 9.17) is 10.5 Å². The van der Waals surface area contributed by atoms with Crippen molar-refractivity contribution in [3.8, 4) is 17.0 Å². The molecule has 1 aromatic carbocycles. The fraction of sp³-hybridized carbons (Fsp3) is 0.240. The van der Waals surface area contributed by atoms with Gasteiger partial charge in [-0.25, -0.2) is 14.4 Å². The summed E-state index contributed by atoms with van der Waals surface area (Å²) in [7, 11) is 0. The summed E-state index contributed by atoms with van der Waals surface area (Å²) in [6.07, 6.45) is -4.01. The number of amides is 2. The van der Waals surface area contributed by atoms with E-state index in [0.29, 0.717) is 11.0 Å². The van der Waals surface area contributed by atoms with Gasteiger partial charge in [0.15, 0.2) is 0 Å². The van der Waals surface area contributed by atoms with Crippen molar-refractivity contribution in [3.63, 3.8) is 0 Å². The Bertz CT molecular complexity index is 1610. The smallest absolute Gasteiger partial charge is 0.424 e. The van der Waals surface area contributed by atoms with Gasteiger partial charge in [-0.2, -0.15) is 18.3 Å². The van der Waals surface area contributed by atoms with Crippen LogP contribution in [0, 0.1) is 5.82 Å². The van der Waals surface area contributed by atoms with Gasteiger partial charge in [0, 0.05) is 11.1 Å². The van der Waals surface area contributed by atoms with Crippen molar-refractivity contribution < 1.29 is 37.0 Å². The van der Waals surface area contributed by atoms with Gasteiger partial charge in [0.05, 0.1) is 24.0 Å². The van der Waals surface area contributed by atoms with E-state index in [1.165, 1.54) is 37.4 Å². The van der Waals surface area contributed by atoms with Gasteiger partial charge in [0.25, 0.3) is 5.91 Å². The monoisotopic (exact) mass is 544 g/mol. The number of hydrogen-bond acceptors (Lipinski definition) is 7. The number of fused-ring (bicyclic) bond motifs is 2. The number of halogens is 4. The summed E-state index contributed by atoms with van der Waals surface area (Å²) in [5.41, 5.74) is -0.0912. The lowest BCUT2D eigenvalue weighted by Crippen LogP contribution is -2.52. The highest BCUT2D eigenvalue weighted by molar-refractivity contribution is 5.94. The van der Waals surface area contributed by atoms with Crippen LogP contribution in [0.1, 0.15) is 28.7 Å². The molecule has 10 nitrogen and oxygen atoms in total. The molecule has 0 saturated heterocycles. The Morgan fingerprint density at radius 3 is 2.56 bits per heavy atom. The maximum absolute atomic E-state index is 14.5. The largest absolute Gasteiger partial charge is 0.489 e. The first-order chi connectivity index (χ1) is 18.3. The highest BCUT2D eigenvalue weighted by Crippen LogP contribution is 2.47. The molecule has 3 aromatic heterocycles. The van der Waals surface area contributed by atoms with E-state index >= 15 is 0 Å². The number of aromatic amines is 1. The Kier molecular flexibility index (Phi) is 6.01. The number of benzene rings is 1. The second-order valence-electron chi connectivity index (χ2n) is 9.26. The number of pyridine rings is 2. The lowest BCUT2D eigenvalue weighted by Gasteiger charge is -2.31. The van der Waals surface area contributed by atoms with E-state index in [2.05, 4.69) is 25.5 Å². The maximum atomic E-state index is 14.5. The quantitative estimate of drug-likeness (QED) is 0.272. The number of aliphatic hydroxyl groups is 1. The number of H-pyrrole nitrogens is 1. The second-order valence-corrected chi connectivity index (χ2v) is 9.26. The molecule has 5 N–H and O–H groups in total. The summed E-state index contributed by atoms with van der Waals surface area (Å²) in [6.45, 7) is -0.255. The molecule has 202 valence electrons. The topological polar surface area (TPSA) is 156 Å². The van der Waals surface area contributed by atoms with Crippen molar-refractivity contribution in [3.05, 3.63) is 71.4 Å². The van der Waals surface area contributed by atoms with Crippen LogP contribution < -0.4 is 15.8 Å². The van der Waals surface area contributed by atoms with E-state index in [0.717, 1.165) is 18.2 Å². The van der Waals surface area contributed by atoms with Gasteiger partial charge in [0.2, 0.25) is 11.5 Å². The van der Waals surface area contributed by atoms with Gasteiger partial charge >= 0.3 is 6.18 Å². The Morgan fingerprint density at radius 2 is 1.90 bits per heavy atom. The highest BCUT2D eigenvalue weighted by Gasteiger charge is 2.57. The molecule has 2 amide bonds. The van der Waals surface area contributed by atoms with E-state index in [1.807, 2.05) is 0 Å². The average molecular weight is 544 g/mol. The summed E-state index contributed by atoms with van der Waals surface area (Å²) in [4.78, 5) is 33.1. The third kappa shape index (κ3) is 4.31. The summed E-state index contributed by atoms with van der Waals surface area (Å²) >= 11 is 0. The van der Waals surface area contributed by atoms with Crippen LogP contribution in [0.25, 0.3) is 22.3 Å². The normalized spacial score (nSPS) is 18.3. The minimum absolute atomic E-state index is 0.0298. The number of nitrogens with two attached hydrogens (primary N) is 1. The van der Waals surface area contributed by atoms with Gasteiger partial charge in [-0.15, -0.1) is 0 Å². The molecule has 0 bridgehead atoms. The first kappa shape index (κ1) is 26.0.